The molecule has 0 saturated carbocycles. The molecule has 3 aromatic rings. The molecule has 4 heterocycles. The summed E-state index contributed by atoms with van der Waals surface area (Å²) in [5, 5.41) is 16.6. The van der Waals surface area contributed by atoms with Crippen LogP contribution in [0, 0.1) is 0 Å². The Morgan fingerprint density at radius 2 is 2.32 bits per heavy atom. The zero-order valence-corrected chi connectivity index (χ0v) is 12.8. The Kier molecular flexibility index (Phi) is 3.75. The Bertz CT molecular complexity index is 706. The van der Waals surface area contributed by atoms with Crippen molar-refractivity contribution in [1.82, 2.24) is 25.3 Å². The summed E-state index contributed by atoms with van der Waals surface area (Å²) >= 11 is 1.72. The summed E-state index contributed by atoms with van der Waals surface area (Å²) in [6, 6.07) is 6.41. The summed E-state index contributed by atoms with van der Waals surface area (Å²) in [4.78, 5) is 3.64. The molecule has 6 nitrogen and oxygen atoms in total. The van der Waals surface area contributed by atoms with Crippen LogP contribution >= 0.6 is 11.3 Å². The first-order chi connectivity index (χ1) is 10.9. The molecule has 0 amide bonds. The van der Waals surface area contributed by atoms with E-state index in [1.807, 2.05) is 12.3 Å². The van der Waals surface area contributed by atoms with Crippen LogP contribution in [-0.2, 0) is 11.3 Å². The van der Waals surface area contributed by atoms with E-state index in [1.54, 1.807) is 17.5 Å². The molecule has 1 saturated heterocycles. The molecular weight excluding hydrogens is 298 g/mol. The lowest BCUT2D eigenvalue weighted by Gasteiger charge is -2.34. The van der Waals surface area contributed by atoms with Crippen LogP contribution in [0.5, 0.6) is 0 Å². The van der Waals surface area contributed by atoms with Crippen LogP contribution in [0.4, 0.5) is 0 Å². The van der Waals surface area contributed by atoms with Gasteiger partial charge in [-0.1, -0.05) is 6.07 Å². The second-order valence-electron chi connectivity index (χ2n) is 5.32. The predicted molar refractivity (Wildman–Crippen MR) is 84.5 cm³/mol. The van der Waals surface area contributed by atoms with Gasteiger partial charge >= 0.3 is 0 Å². The van der Waals surface area contributed by atoms with E-state index < -0.39 is 0 Å². The van der Waals surface area contributed by atoms with Gasteiger partial charge in [0.15, 0.2) is 0 Å². The van der Waals surface area contributed by atoms with Crippen LogP contribution in [0.1, 0.15) is 17.3 Å². The molecule has 0 bridgehead atoms. The largest absolute Gasteiger partial charge is 0.378 e. The van der Waals surface area contributed by atoms with E-state index >= 15 is 0 Å². The summed E-state index contributed by atoms with van der Waals surface area (Å²) in [5.41, 5.74) is 3.43. The highest BCUT2D eigenvalue weighted by Crippen LogP contribution is 2.30. The quantitative estimate of drug-likeness (QED) is 0.776. The number of nitrogens with zero attached hydrogens (tertiary/aromatic N) is 3. The van der Waals surface area contributed by atoms with E-state index in [9.17, 15) is 0 Å². The van der Waals surface area contributed by atoms with E-state index in [1.165, 1.54) is 10.4 Å². The Balaban J connectivity index is 1.58. The van der Waals surface area contributed by atoms with Crippen molar-refractivity contribution in [1.29, 1.82) is 0 Å². The predicted octanol–water partition coefficient (Wildman–Crippen LogP) is 2.43. The summed E-state index contributed by atoms with van der Waals surface area (Å²) in [5.74, 6) is 0. The van der Waals surface area contributed by atoms with E-state index in [4.69, 9.17) is 4.74 Å². The Morgan fingerprint density at radius 1 is 1.32 bits per heavy atom. The number of aromatic nitrogens is 4. The van der Waals surface area contributed by atoms with Gasteiger partial charge in [-0.15, -0.1) is 11.3 Å². The van der Waals surface area contributed by atoms with Crippen molar-refractivity contribution < 1.29 is 4.74 Å². The summed E-state index contributed by atoms with van der Waals surface area (Å²) in [6.07, 6.45) is 3.71. The van der Waals surface area contributed by atoms with Gasteiger partial charge in [0.1, 0.15) is 0 Å². The normalized spacial score (nSPS) is 19.5. The first kappa shape index (κ1) is 13.7. The number of thiophene rings is 1. The number of hydrogen-bond acceptors (Lipinski definition) is 5. The molecule has 2 N–H and O–H groups in total. The van der Waals surface area contributed by atoms with Gasteiger partial charge in [0.25, 0.3) is 0 Å². The maximum atomic E-state index is 5.65. The first-order valence-electron chi connectivity index (χ1n) is 7.29. The minimum atomic E-state index is 0.210. The smallest absolute Gasteiger partial charge is 0.0794 e. The molecule has 1 atom stereocenters. The van der Waals surface area contributed by atoms with Gasteiger partial charge in [-0.2, -0.15) is 10.2 Å². The zero-order valence-electron chi connectivity index (χ0n) is 12.0. The van der Waals surface area contributed by atoms with Gasteiger partial charge < -0.3 is 4.74 Å². The number of ether oxygens (including phenoxy) is 1. The Labute approximate surface area is 132 Å². The summed E-state index contributed by atoms with van der Waals surface area (Å²) < 4.78 is 5.65. The molecular formula is C15H17N5OS. The average Bonchev–Trinajstić information content (AvgIpc) is 3.30. The lowest BCUT2D eigenvalue weighted by atomic mass is 10.1. The first-order valence-corrected chi connectivity index (χ1v) is 8.17. The fourth-order valence-electron chi connectivity index (χ4n) is 2.85. The van der Waals surface area contributed by atoms with Crippen LogP contribution in [0.25, 0.3) is 10.6 Å². The van der Waals surface area contributed by atoms with Gasteiger partial charge in [-0.25, -0.2) is 0 Å². The molecule has 0 aliphatic carbocycles. The van der Waals surface area contributed by atoms with Gasteiger partial charge in [0.05, 0.1) is 41.7 Å². The van der Waals surface area contributed by atoms with Gasteiger partial charge in [-0.05, 0) is 17.5 Å². The third-order valence-corrected chi connectivity index (χ3v) is 4.87. The number of rotatable bonds is 4. The lowest BCUT2D eigenvalue weighted by Crippen LogP contribution is -2.39. The van der Waals surface area contributed by atoms with E-state index in [0.717, 1.165) is 31.1 Å². The van der Waals surface area contributed by atoms with Gasteiger partial charge in [-0.3, -0.25) is 15.1 Å². The highest BCUT2D eigenvalue weighted by atomic mass is 32.1. The number of H-pyrrole nitrogens is 2. The maximum Gasteiger partial charge on any atom is 0.0794 e. The number of morpholine rings is 1. The van der Waals surface area contributed by atoms with Gasteiger partial charge in [0, 0.05) is 24.8 Å². The monoisotopic (exact) mass is 315 g/mol. The SMILES string of the molecule is c1csc(-c2[nH]ncc2CN2CCOC[C@H]2c2ccn[nH]2)c1. The highest BCUT2D eigenvalue weighted by molar-refractivity contribution is 7.13. The molecule has 114 valence electrons. The fraction of sp³-hybridized carbons (Fsp3) is 0.333. The van der Waals surface area contributed by atoms with E-state index in [-0.39, 0.29) is 6.04 Å². The van der Waals surface area contributed by atoms with Crippen molar-refractivity contribution in [2.75, 3.05) is 19.8 Å². The van der Waals surface area contributed by atoms with Crippen molar-refractivity contribution in [2.45, 2.75) is 12.6 Å². The molecule has 0 radical (unpaired) electrons. The minimum absolute atomic E-state index is 0.210. The van der Waals surface area contributed by atoms with Crippen molar-refractivity contribution >= 4 is 11.3 Å². The average molecular weight is 315 g/mol. The Morgan fingerprint density at radius 3 is 3.14 bits per heavy atom. The van der Waals surface area contributed by atoms with Crippen LogP contribution < -0.4 is 0 Å². The highest BCUT2D eigenvalue weighted by Gasteiger charge is 2.26. The van der Waals surface area contributed by atoms with Gasteiger partial charge in [0.2, 0.25) is 0 Å². The third kappa shape index (κ3) is 2.58. The molecule has 1 aliphatic rings. The molecule has 3 aromatic heterocycles. The molecule has 1 fully saturated rings. The molecule has 0 aromatic carbocycles. The third-order valence-electron chi connectivity index (χ3n) is 3.98. The van der Waals surface area contributed by atoms with Crippen molar-refractivity contribution in [3.63, 3.8) is 0 Å². The van der Waals surface area contributed by atoms with Crippen LogP contribution in [-0.4, -0.2) is 45.1 Å². The fourth-order valence-corrected chi connectivity index (χ4v) is 3.61. The topological polar surface area (TPSA) is 69.8 Å². The Hall–Kier alpha value is -1.96. The standard InChI is InChI=1S/C15H17N5OS/c1-2-14(22-7-1)15-11(8-17-19-15)9-20-5-6-21-10-13(20)12-3-4-16-18-12/h1-4,7-8,13H,5-6,9-10H2,(H,16,18)(H,17,19)/t13-/m0/s1. The van der Waals surface area contributed by atoms with E-state index in [0.29, 0.717) is 6.61 Å². The van der Waals surface area contributed by atoms with Crippen molar-refractivity contribution in [3.8, 4) is 10.6 Å². The second kappa shape index (κ2) is 6.04. The summed E-state index contributed by atoms with van der Waals surface area (Å²) in [6.45, 7) is 3.20. The van der Waals surface area contributed by atoms with Crippen LogP contribution in [0.2, 0.25) is 0 Å². The number of aromatic amines is 2. The molecule has 0 spiro atoms. The zero-order chi connectivity index (χ0) is 14.8. The second-order valence-corrected chi connectivity index (χ2v) is 6.27. The van der Waals surface area contributed by atoms with E-state index in [2.05, 4.69) is 42.8 Å². The molecule has 1 aliphatic heterocycles. The molecule has 22 heavy (non-hydrogen) atoms. The molecule has 0 unspecified atom stereocenters. The van der Waals surface area contributed by atoms with Crippen LogP contribution in [0.15, 0.2) is 36.0 Å². The molecule has 7 heteroatoms. The maximum absolute atomic E-state index is 5.65. The number of hydrogen-bond donors (Lipinski definition) is 2. The lowest BCUT2D eigenvalue weighted by molar-refractivity contribution is -0.0142. The minimum Gasteiger partial charge on any atom is -0.378 e. The van der Waals surface area contributed by atoms with Crippen molar-refractivity contribution in [3.05, 3.63) is 47.2 Å². The van der Waals surface area contributed by atoms with Crippen molar-refractivity contribution in [2.24, 2.45) is 0 Å². The molecule has 4 rings (SSSR count). The number of nitrogens with one attached hydrogen (secondary N) is 2. The van der Waals surface area contributed by atoms with Crippen LogP contribution in [0.3, 0.4) is 0 Å². The summed E-state index contributed by atoms with van der Waals surface area (Å²) in [7, 11) is 0.